The molecule has 0 heterocycles. The lowest BCUT2D eigenvalue weighted by molar-refractivity contribution is -0.384. The van der Waals surface area contributed by atoms with Crippen molar-refractivity contribution in [2.75, 3.05) is 6.61 Å². The van der Waals surface area contributed by atoms with Gasteiger partial charge in [-0.25, -0.2) is 0 Å². The van der Waals surface area contributed by atoms with Crippen LogP contribution in [0.1, 0.15) is 31.2 Å². The second-order valence-electron chi connectivity index (χ2n) is 5.50. The predicted molar refractivity (Wildman–Crippen MR) is 77.8 cm³/mol. The molecular weight excluding hydrogens is 272 g/mol. The number of nitro groups is 1. The van der Waals surface area contributed by atoms with Gasteiger partial charge in [-0.1, -0.05) is 25.0 Å². The molecule has 1 aromatic carbocycles. The highest BCUT2D eigenvalue weighted by molar-refractivity contribution is 5.79. The van der Waals surface area contributed by atoms with E-state index in [0.717, 1.165) is 25.7 Å². The van der Waals surface area contributed by atoms with Crippen LogP contribution in [0.25, 0.3) is 0 Å². The van der Waals surface area contributed by atoms with E-state index in [-0.39, 0.29) is 36.6 Å². The van der Waals surface area contributed by atoms with Gasteiger partial charge >= 0.3 is 0 Å². The number of carbonyl (C=O) groups is 1. The van der Waals surface area contributed by atoms with Crippen LogP contribution in [0.3, 0.4) is 0 Å². The summed E-state index contributed by atoms with van der Waals surface area (Å²) in [5.74, 6) is -0.0337. The number of hydrogen-bond donors (Lipinski definition) is 2. The summed E-state index contributed by atoms with van der Waals surface area (Å²) in [4.78, 5) is 22.3. The van der Waals surface area contributed by atoms with E-state index < -0.39 is 4.92 Å². The summed E-state index contributed by atoms with van der Waals surface area (Å²) >= 11 is 0. The largest absolute Gasteiger partial charge is 0.396 e. The number of hydrogen-bond acceptors (Lipinski definition) is 4. The van der Waals surface area contributed by atoms with Crippen molar-refractivity contribution in [3.05, 3.63) is 39.9 Å². The summed E-state index contributed by atoms with van der Waals surface area (Å²) in [7, 11) is 0. The minimum Gasteiger partial charge on any atom is -0.396 e. The molecule has 1 aliphatic rings. The Labute approximate surface area is 123 Å². The van der Waals surface area contributed by atoms with Crippen LogP contribution in [0, 0.1) is 16.0 Å². The highest BCUT2D eigenvalue weighted by atomic mass is 16.6. The van der Waals surface area contributed by atoms with Gasteiger partial charge in [-0.05, 0) is 18.4 Å². The van der Waals surface area contributed by atoms with Crippen LogP contribution in [-0.2, 0) is 11.2 Å². The molecule has 0 aromatic heterocycles. The van der Waals surface area contributed by atoms with Crippen LogP contribution in [0.4, 0.5) is 5.69 Å². The van der Waals surface area contributed by atoms with E-state index in [1.807, 2.05) is 0 Å². The highest BCUT2D eigenvalue weighted by Crippen LogP contribution is 2.24. The smallest absolute Gasteiger partial charge is 0.269 e. The lowest BCUT2D eigenvalue weighted by Crippen LogP contribution is -2.44. The third-order valence-corrected chi connectivity index (χ3v) is 3.98. The zero-order chi connectivity index (χ0) is 15.2. The number of aliphatic hydroxyl groups is 1. The van der Waals surface area contributed by atoms with Crippen LogP contribution in [0.15, 0.2) is 24.3 Å². The number of rotatable bonds is 5. The fraction of sp³-hybridized carbons (Fsp3) is 0.533. The molecule has 0 saturated heterocycles. The lowest BCUT2D eigenvalue weighted by Gasteiger charge is -2.30. The first kappa shape index (κ1) is 15.4. The monoisotopic (exact) mass is 292 g/mol. The zero-order valence-corrected chi connectivity index (χ0v) is 11.8. The first-order chi connectivity index (χ1) is 10.1. The fourth-order valence-corrected chi connectivity index (χ4v) is 2.84. The Kier molecular flexibility index (Phi) is 5.27. The number of aliphatic hydroxyl groups excluding tert-OH is 1. The van der Waals surface area contributed by atoms with Crippen LogP contribution in [0.2, 0.25) is 0 Å². The van der Waals surface area contributed by atoms with E-state index in [2.05, 4.69) is 5.32 Å². The normalized spacial score (nSPS) is 21.8. The third-order valence-electron chi connectivity index (χ3n) is 3.98. The van der Waals surface area contributed by atoms with E-state index in [0.29, 0.717) is 5.56 Å². The van der Waals surface area contributed by atoms with Crippen molar-refractivity contribution in [2.45, 2.75) is 38.1 Å². The molecule has 6 heteroatoms. The second kappa shape index (κ2) is 7.17. The summed E-state index contributed by atoms with van der Waals surface area (Å²) in [5, 5.41) is 23.0. The summed E-state index contributed by atoms with van der Waals surface area (Å²) < 4.78 is 0. The molecule has 114 valence electrons. The number of carbonyl (C=O) groups excluding carboxylic acids is 1. The maximum absolute atomic E-state index is 12.1. The van der Waals surface area contributed by atoms with Gasteiger partial charge < -0.3 is 10.4 Å². The summed E-state index contributed by atoms with van der Waals surface area (Å²) in [6, 6.07) is 6.12. The molecule has 0 aliphatic heterocycles. The van der Waals surface area contributed by atoms with Gasteiger partial charge in [-0.2, -0.15) is 0 Å². The Hall–Kier alpha value is -1.95. The van der Waals surface area contributed by atoms with Gasteiger partial charge in [0.15, 0.2) is 0 Å². The molecule has 2 rings (SSSR count). The molecule has 0 bridgehead atoms. The molecule has 2 unspecified atom stereocenters. The van der Waals surface area contributed by atoms with Crippen LogP contribution in [-0.4, -0.2) is 28.6 Å². The van der Waals surface area contributed by atoms with E-state index in [4.69, 9.17) is 0 Å². The maximum atomic E-state index is 12.1. The molecule has 1 amide bonds. The molecule has 1 saturated carbocycles. The highest BCUT2D eigenvalue weighted by Gasteiger charge is 2.25. The summed E-state index contributed by atoms with van der Waals surface area (Å²) in [6.07, 6.45) is 4.07. The Morgan fingerprint density at radius 2 is 2.14 bits per heavy atom. The van der Waals surface area contributed by atoms with Crippen molar-refractivity contribution < 1.29 is 14.8 Å². The van der Waals surface area contributed by atoms with Crippen LogP contribution >= 0.6 is 0 Å². The molecular formula is C15H20N2O4. The third kappa shape index (κ3) is 4.26. The molecule has 2 N–H and O–H groups in total. The van der Waals surface area contributed by atoms with Crippen molar-refractivity contribution in [3.8, 4) is 0 Å². The Balaban J connectivity index is 1.95. The summed E-state index contributed by atoms with van der Waals surface area (Å²) in [6.45, 7) is 0.0851. The van der Waals surface area contributed by atoms with Gasteiger partial charge in [-0.3, -0.25) is 14.9 Å². The number of nitrogens with zero attached hydrogens (tertiary/aromatic N) is 1. The molecule has 1 aliphatic carbocycles. The van der Waals surface area contributed by atoms with Crippen LogP contribution in [0.5, 0.6) is 0 Å². The first-order valence-corrected chi connectivity index (χ1v) is 7.23. The quantitative estimate of drug-likeness (QED) is 0.639. The molecule has 0 radical (unpaired) electrons. The minimum atomic E-state index is -0.468. The van der Waals surface area contributed by atoms with Crippen molar-refractivity contribution in [3.63, 3.8) is 0 Å². The van der Waals surface area contributed by atoms with Gasteiger partial charge in [0.25, 0.3) is 5.69 Å². The molecule has 21 heavy (non-hydrogen) atoms. The van der Waals surface area contributed by atoms with Gasteiger partial charge in [0.2, 0.25) is 5.91 Å². The Morgan fingerprint density at radius 1 is 1.38 bits per heavy atom. The van der Waals surface area contributed by atoms with Crippen molar-refractivity contribution >= 4 is 11.6 Å². The first-order valence-electron chi connectivity index (χ1n) is 7.23. The van der Waals surface area contributed by atoms with Gasteiger partial charge in [0.1, 0.15) is 0 Å². The Morgan fingerprint density at radius 3 is 2.86 bits per heavy atom. The second-order valence-corrected chi connectivity index (χ2v) is 5.50. The van der Waals surface area contributed by atoms with E-state index in [1.54, 1.807) is 12.1 Å². The number of non-ortho nitro benzene ring substituents is 1. The zero-order valence-electron chi connectivity index (χ0n) is 11.8. The molecule has 1 fully saturated rings. The number of amides is 1. The molecule has 2 atom stereocenters. The molecule has 0 spiro atoms. The van der Waals surface area contributed by atoms with E-state index in [1.165, 1.54) is 12.1 Å². The lowest BCUT2D eigenvalue weighted by atomic mass is 9.85. The van der Waals surface area contributed by atoms with Crippen LogP contribution < -0.4 is 5.32 Å². The van der Waals surface area contributed by atoms with Crippen molar-refractivity contribution in [1.82, 2.24) is 5.32 Å². The maximum Gasteiger partial charge on any atom is 0.269 e. The van der Waals surface area contributed by atoms with Gasteiger partial charge in [0, 0.05) is 30.7 Å². The van der Waals surface area contributed by atoms with Gasteiger partial charge in [-0.15, -0.1) is 0 Å². The molecule has 6 nitrogen and oxygen atoms in total. The SMILES string of the molecule is O=C(Cc1cccc([N+](=O)[O-])c1)NC1CCCCC1CO. The summed E-state index contributed by atoms with van der Waals surface area (Å²) in [5.41, 5.74) is 0.615. The van der Waals surface area contributed by atoms with Gasteiger partial charge in [0.05, 0.1) is 11.3 Å². The standard InChI is InChI=1S/C15H20N2O4/c18-10-12-5-1-2-7-14(12)16-15(19)9-11-4-3-6-13(8-11)17(20)21/h3-4,6,8,12,14,18H,1-2,5,7,9-10H2,(H,16,19). The predicted octanol–water partition coefficient (Wildman–Crippen LogP) is 1.80. The van der Waals surface area contributed by atoms with E-state index in [9.17, 15) is 20.0 Å². The van der Waals surface area contributed by atoms with E-state index >= 15 is 0 Å². The topological polar surface area (TPSA) is 92.5 Å². The fourth-order valence-electron chi connectivity index (χ4n) is 2.84. The average molecular weight is 292 g/mol. The van der Waals surface area contributed by atoms with Crippen molar-refractivity contribution in [2.24, 2.45) is 5.92 Å². The number of nitrogens with one attached hydrogen (secondary N) is 1. The number of benzene rings is 1. The minimum absolute atomic E-state index is 0.00815. The average Bonchev–Trinajstić information content (AvgIpc) is 2.48. The Bertz CT molecular complexity index is 518. The molecule has 1 aromatic rings. The van der Waals surface area contributed by atoms with Crippen molar-refractivity contribution in [1.29, 1.82) is 0 Å². The number of nitro benzene ring substituents is 1.